The van der Waals surface area contributed by atoms with E-state index < -0.39 is 0 Å². The van der Waals surface area contributed by atoms with Crippen molar-refractivity contribution in [1.82, 2.24) is 5.32 Å². The van der Waals surface area contributed by atoms with Crippen LogP contribution in [0.3, 0.4) is 0 Å². The molecular weight excluding hydrogens is 226 g/mol. The number of ether oxygens (including phenoxy) is 1. The van der Waals surface area contributed by atoms with Gasteiger partial charge in [-0.25, -0.2) is 0 Å². The highest BCUT2D eigenvalue weighted by atomic mass is 16.5. The van der Waals surface area contributed by atoms with E-state index >= 15 is 0 Å². The first kappa shape index (κ1) is 15.3. The molecule has 0 spiro atoms. The van der Waals surface area contributed by atoms with Gasteiger partial charge in [-0.1, -0.05) is 25.7 Å². The largest absolute Gasteiger partial charge is 0.379 e. The van der Waals surface area contributed by atoms with Gasteiger partial charge in [0.2, 0.25) is 0 Å². The van der Waals surface area contributed by atoms with Gasteiger partial charge in [0.05, 0.1) is 6.10 Å². The highest BCUT2D eigenvalue weighted by Crippen LogP contribution is 2.16. The van der Waals surface area contributed by atoms with Gasteiger partial charge >= 0.3 is 0 Å². The fourth-order valence-corrected chi connectivity index (χ4v) is 2.26. The number of hydrogen-bond acceptors (Lipinski definition) is 2. The van der Waals surface area contributed by atoms with Gasteiger partial charge in [0.25, 0.3) is 0 Å². The Morgan fingerprint density at radius 3 is 2.56 bits per heavy atom. The van der Waals surface area contributed by atoms with E-state index in [4.69, 9.17) is 10.5 Å². The van der Waals surface area contributed by atoms with Crippen molar-refractivity contribution in [3.63, 3.8) is 0 Å². The lowest BCUT2D eigenvalue weighted by Gasteiger charge is -2.16. The Kier molecular flexibility index (Phi) is 7.81. The van der Waals surface area contributed by atoms with Crippen LogP contribution in [0.1, 0.15) is 58.8 Å². The van der Waals surface area contributed by atoms with Gasteiger partial charge < -0.3 is 15.8 Å². The normalized spacial score (nSPS) is 18.9. The second-order valence-corrected chi connectivity index (χ2v) is 5.37. The molecule has 0 atom stereocenters. The minimum absolute atomic E-state index is 0.301. The molecule has 1 fully saturated rings. The maximum atomic E-state index is 5.90. The van der Waals surface area contributed by atoms with Crippen molar-refractivity contribution in [2.24, 2.45) is 10.7 Å². The van der Waals surface area contributed by atoms with Crippen LogP contribution in [0.2, 0.25) is 0 Å². The van der Waals surface area contributed by atoms with E-state index in [0.29, 0.717) is 18.1 Å². The Hall–Kier alpha value is -0.770. The molecule has 0 saturated heterocycles. The first-order valence-corrected chi connectivity index (χ1v) is 7.36. The molecule has 0 unspecified atom stereocenters. The Balaban J connectivity index is 2.12. The topological polar surface area (TPSA) is 59.6 Å². The van der Waals surface area contributed by atoms with Crippen LogP contribution >= 0.6 is 0 Å². The summed E-state index contributed by atoms with van der Waals surface area (Å²) in [5, 5.41) is 3.35. The Morgan fingerprint density at radius 2 is 1.94 bits per heavy atom. The van der Waals surface area contributed by atoms with Crippen LogP contribution in [-0.2, 0) is 4.74 Å². The molecule has 18 heavy (non-hydrogen) atoms. The van der Waals surface area contributed by atoms with Gasteiger partial charge in [0.1, 0.15) is 0 Å². The molecule has 0 aromatic heterocycles. The molecule has 0 bridgehead atoms. The number of guanidine groups is 1. The van der Waals surface area contributed by atoms with E-state index in [9.17, 15) is 0 Å². The highest BCUT2D eigenvalue weighted by molar-refractivity contribution is 5.78. The molecule has 106 valence electrons. The van der Waals surface area contributed by atoms with Gasteiger partial charge in [-0.3, -0.25) is 4.99 Å². The Labute approximate surface area is 111 Å². The predicted molar refractivity (Wildman–Crippen MR) is 76.8 cm³/mol. The first-order chi connectivity index (χ1) is 8.68. The van der Waals surface area contributed by atoms with Crippen LogP contribution in [0.25, 0.3) is 0 Å². The first-order valence-electron chi connectivity index (χ1n) is 7.36. The summed E-state index contributed by atoms with van der Waals surface area (Å²) in [6, 6.07) is 0.531. The van der Waals surface area contributed by atoms with Crippen molar-refractivity contribution in [2.75, 3.05) is 13.2 Å². The zero-order chi connectivity index (χ0) is 13.2. The molecule has 4 nitrogen and oxygen atoms in total. The molecule has 3 N–H and O–H groups in total. The molecule has 1 rings (SSSR count). The lowest BCUT2D eigenvalue weighted by Crippen LogP contribution is -2.39. The quantitative estimate of drug-likeness (QED) is 0.332. The van der Waals surface area contributed by atoms with Crippen molar-refractivity contribution >= 4 is 5.96 Å². The van der Waals surface area contributed by atoms with Crippen LogP contribution < -0.4 is 11.1 Å². The van der Waals surface area contributed by atoms with E-state index in [0.717, 1.165) is 19.6 Å². The Bertz CT molecular complexity index is 233. The summed E-state index contributed by atoms with van der Waals surface area (Å²) in [5.74, 6) is 0.603. The molecule has 0 amide bonds. The molecule has 4 heteroatoms. The lowest BCUT2D eigenvalue weighted by atomic mass is 10.1. The van der Waals surface area contributed by atoms with E-state index in [-0.39, 0.29) is 0 Å². The van der Waals surface area contributed by atoms with Crippen molar-refractivity contribution in [3.05, 3.63) is 0 Å². The third-order valence-corrected chi connectivity index (χ3v) is 3.24. The van der Waals surface area contributed by atoms with Crippen LogP contribution in [0, 0.1) is 0 Å². The monoisotopic (exact) mass is 255 g/mol. The standard InChI is InChI=1S/C14H29N3O/c1-12(2)18-11-7-10-16-14(15)17-13-8-5-3-4-6-9-13/h12-13H,3-11H2,1-2H3,(H3,15,16,17). The number of hydrogen-bond donors (Lipinski definition) is 2. The van der Waals surface area contributed by atoms with Crippen molar-refractivity contribution in [2.45, 2.75) is 70.9 Å². The summed E-state index contributed by atoms with van der Waals surface area (Å²) in [6.45, 7) is 5.60. The number of aliphatic imine (C=N–C) groups is 1. The maximum absolute atomic E-state index is 5.90. The van der Waals surface area contributed by atoms with Crippen LogP contribution in [-0.4, -0.2) is 31.3 Å². The van der Waals surface area contributed by atoms with Crippen molar-refractivity contribution < 1.29 is 4.74 Å². The van der Waals surface area contributed by atoms with Gasteiger partial charge in [-0.15, -0.1) is 0 Å². The zero-order valence-corrected chi connectivity index (χ0v) is 12.0. The minimum atomic E-state index is 0.301. The molecule has 0 aliphatic heterocycles. The zero-order valence-electron chi connectivity index (χ0n) is 12.0. The van der Waals surface area contributed by atoms with Crippen LogP contribution in [0.4, 0.5) is 0 Å². The fraction of sp³-hybridized carbons (Fsp3) is 0.929. The van der Waals surface area contributed by atoms with E-state index in [1.54, 1.807) is 0 Å². The van der Waals surface area contributed by atoms with Crippen molar-refractivity contribution in [1.29, 1.82) is 0 Å². The summed E-state index contributed by atoms with van der Waals surface area (Å²) in [7, 11) is 0. The smallest absolute Gasteiger partial charge is 0.188 e. The molecule has 1 aliphatic rings. The van der Waals surface area contributed by atoms with E-state index in [1.165, 1.54) is 38.5 Å². The summed E-state index contributed by atoms with van der Waals surface area (Å²) in [4.78, 5) is 4.35. The van der Waals surface area contributed by atoms with Gasteiger partial charge in [0, 0.05) is 19.2 Å². The minimum Gasteiger partial charge on any atom is -0.379 e. The summed E-state index contributed by atoms with van der Waals surface area (Å²) >= 11 is 0. The molecule has 0 radical (unpaired) electrons. The van der Waals surface area contributed by atoms with E-state index in [1.807, 2.05) is 13.8 Å². The van der Waals surface area contributed by atoms with Gasteiger partial charge in [0.15, 0.2) is 5.96 Å². The number of nitrogens with one attached hydrogen (secondary N) is 1. The van der Waals surface area contributed by atoms with E-state index in [2.05, 4.69) is 10.3 Å². The molecule has 1 saturated carbocycles. The van der Waals surface area contributed by atoms with Crippen LogP contribution in [0.5, 0.6) is 0 Å². The SMILES string of the molecule is CC(C)OCCCN=C(N)NC1CCCCCC1. The Morgan fingerprint density at radius 1 is 1.28 bits per heavy atom. The average molecular weight is 255 g/mol. The fourth-order valence-electron chi connectivity index (χ4n) is 2.26. The van der Waals surface area contributed by atoms with Gasteiger partial charge in [-0.2, -0.15) is 0 Å². The molecule has 0 heterocycles. The second-order valence-electron chi connectivity index (χ2n) is 5.37. The second kappa shape index (κ2) is 9.20. The molecule has 0 aromatic rings. The summed E-state index contributed by atoms with van der Waals surface area (Å²) in [6.07, 6.45) is 9.05. The van der Waals surface area contributed by atoms with Gasteiger partial charge in [-0.05, 0) is 33.1 Å². The average Bonchev–Trinajstić information content (AvgIpc) is 2.56. The van der Waals surface area contributed by atoms with Crippen molar-refractivity contribution in [3.8, 4) is 0 Å². The predicted octanol–water partition coefficient (Wildman–Crippen LogP) is 2.43. The molecular formula is C14H29N3O. The number of nitrogens with zero attached hydrogens (tertiary/aromatic N) is 1. The third kappa shape index (κ3) is 7.54. The van der Waals surface area contributed by atoms with Crippen LogP contribution in [0.15, 0.2) is 4.99 Å². The number of rotatable bonds is 6. The maximum Gasteiger partial charge on any atom is 0.188 e. The lowest BCUT2D eigenvalue weighted by molar-refractivity contribution is 0.0783. The highest BCUT2D eigenvalue weighted by Gasteiger charge is 2.11. The summed E-state index contributed by atoms with van der Waals surface area (Å²) < 4.78 is 5.46. The third-order valence-electron chi connectivity index (χ3n) is 3.24. The summed E-state index contributed by atoms with van der Waals surface area (Å²) in [5.41, 5.74) is 5.90. The number of nitrogens with two attached hydrogens (primary N) is 1. The molecule has 0 aromatic carbocycles. The molecule has 1 aliphatic carbocycles.